The van der Waals surface area contributed by atoms with Crippen LogP contribution >= 0.6 is 0 Å². The van der Waals surface area contributed by atoms with Gasteiger partial charge in [0, 0.05) is 37.6 Å². The third kappa shape index (κ3) is 3.67. The molecule has 0 amide bonds. The number of furan rings is 1. The van der Waals surface area contributed by atoms with Crippen molar-refractivity contribution in [2.45, 2.75) is 26.5 Å². The van der Waals surface area contributed by atoms with Crippen molar-refractivity contribution in [2.75, 3.05) is 0 Å². The van der Waals surface area contributed by atoms with Crippen LogP contribution < -0.4 is 4.57 Å². The molecule has 37 heavy (non-hydrogen) atoms. The SMILES string of the molecule is [2H]C([2H])([2H])C([2H])(c1cc(-c2c(C)ccc3c2oc2c(-c4ccc5ccccc5c4)cc(C#N)cc23)[n+](C)cc1F)C([2H])([2H])[2H]. The summed E-state index contributed by atoms with van der Waals surface area (Å²) in [5.74, 6) is -4.35. The Hall–Kier alpha value is -4.49. The molecule has 3 nitrogen and oxygen atoms in total. The molecule has 0 aliphatic carbocycles. The first-order chi connectivity index (χ1) is 20.7. The summed E-state index contributed by atoms with van der Waals surface area (Å²) in [6.45, 7) is -4.92. The molecule has 0 aliphatic rings. The number of nitriles is 1. The van der Waals surface area contributed by atoms with E-state index in [9.17, 15) is 5.26 Å². The Morgan fingerprint density at radius 1 is 0.973 bits per heavy atom. The molecule has 0 radical (unpaired) electrons. The van der Waals surface area contributed by atoms with E-state index < -0.39 is 31.0 Å². The lowest BCUT2D eigenvalue weighted by Gasteiger charge is -2.10. The van der Waals surface area contributed by atoms with Crippen LogP contribution in [0.2, 0.25) is 0 Å². The topological polar surface area (TPSA) is 40.8 Å². The summed E-state index contributed by atoms with van der Waals surface area (Å²) in [4.78, 5) is 0. The first kappa shape index (κ1) is 16.3. The Morgan fingerprint density at radius 2 is 1.78 bits per heavy atom. The highest BCUT2D eigenvalue weighted by Gasteiger charge is 2.25. The van der Waals surface area contributed by atoms with Gasteiger partial charge in [0.2, 0.25) is 11.9 Å². The van der Waals surface area contributed by atoms with Crippen LogP contribution in [0.3, 0.4) is 0 Å². The standard InChI is InChI=1S/C33H26FN2O/c1-19(2)26-16-30(36(4)18-29(26)34)31-20(3)9-12-25-28-14-21(17-35)13-27(32(28)37-33(25)31)24-11-10-22-7-5-6-8-23(22)15-24/h5-16,18-19H,1-4H3/q+1/i1D3,2D3,19D. The molecule has 0 fully saturated rings. The molecular formula is C33H26FN2O+. The molecular weight excluding hydrogens is 459 g/mol. The van der Waals surface area contributed by atoms with Crippen molar-refractivity contribution in [1.82, 2.24) is 0 Å². The lowest BCUT2D eigenvalue weighted by Crippen LogP contribution is -2.32. The highest BCUT2D eigenvalue weighted by Crippen LogP contribution is 2.42. The maximum atomic E-state index is 15.4. The normalized spacial score (nSPS) is 15.4. The minimum atomic E-state index is -3.36. The molecule has 2 heterocycles. The maximum Gasteiger partial charge on any atom is 0.216 e. The number of nitrogens with zero attached hydrogens (tertiary/aromatic N) is 2. The molecule has 4 aromatic carbocycles. The van der Waals surface area contributed by atoms with Crippen LogP contribution in [0.25, 0.3) is 55.1 Å². The highest BCUT2D eigenvalue weighted by molar-refractivity contribution is 6.14. The van der Waals surface area contributed by atoms with Gasteiger partial charge in [0.1, 0.15) is 18.2 Å². The van der Waals surface area contributed by atoms with E-state index in [1.54, 1.807) is 26.1 Å². The van der Waals surface area contributed by atoms with E-state index in [2.05, 4.69) is 6.07 Å². The van der Waals surface area contributed by atoms with Gasteiger partial charge < -0.3 is 4.42 Å². The van der Waals surface area contributed by atoms with Gasteiger partial charge in [-0.2, -0.15) is 9.83 Å². The molecule has 0 bridgehead atoms. The Morgan fingerprint density at radius 3 is 2.57 bits per heavy atom. The summed E-state index contributed by atoms with van der Waals surface area (Å²) in [6, 6.07) is 24.4. The van der Waals surface area contributed by atoms with Crippen LogP contribution in [0, 0.1) is 24.1 Å². The quantitative estimate of drug-likeness (QED) is 0.233. The maximum absolute atomic E-state index is 15.4. The molecule has 0 saturated carbocycles. The fraction of sp³-hybridized carbons (Fsp3) is 0.152. The minimum absolute atomic E-state index is 0.265. The summed E-state index contributed by atoms with van der Waals surface area (Å²) >= 11 is 0. The second-order valence-electron chi connectivity index (χ2n) is 9.22. The largest absolute Gasteiger partial charge is 0.454 e. The molecule has 0 unspecified atom stereocenters. The Labute approximate surface area is 224 Å². The van der Waals surface area contributed by atoms with Crippen LogP contribution in [0.1, 0.15) is 45.9 Å². The van der Waals surface area contributed by atoms with Gasteiger partial charge in [-0.3, -0.25) is 0 Å². The van der Waals surface area contributed by atoms with Gasteiger partial charge in [0.05, 0.1) is 17.2 Å². The van der Waals surface area contributed by atoms with Crippen LogP contribution in [0.4, 0.5) is 4.39 Å². The number of rotatable bonds is 3. The molecule has 0 N–H and O–H groups in total. The molecule has 0 aliphatic heterocycles. The summed E-state index contributed by atoms with van der Waals surface area (Å²) in [6.07, 6.45) is 0.987. The smallest absolute Gasteiger partial charge is 0.216 e. The number of hydrogen-bond donors (Lipinski definition) is 0. The Balaban J connectivity index is 1.68. The van der Waals surface area contributed by atoms with Gasteiger partial charge in [0.25, 0.3) is 0 Å². The summed E-state index contributed by atoms with van der Waals surface area (Å²) < 4.78 is 79.5. The molecule has 180 valence electrons. The fourth-order valence-corrected chi connectivity index (χ4v) is 5.05. The third-order valence-corrected chi connectivity index (χ3v) is 6.89. The number of halogens is 1. The van der Waals surface area contributed by atoms with Crippen molar-refractivity contribution >= 4 is 32.7 Å². The van der Waals surface area contributed by atoms with E-state index >= 15 is 4.39 Å². The van der Waals surface area contributed by atoms with Crippen LogP contribution in [0.5, 0.6) is 0 Å². The molecule has 0 saturated heterocycles. The van der Waals surface area contributed by atoms with Gasteiger partial charge in [-0.25, -0.2) is 4.39 Å². The zero-order chi connectivity index (χ0) is 31.8. The van der Waals surface area contributed by atoms with Crippen molar-refractivity contribution in [3.8, 4) is 28.5 Å². The molecule has 6 rings (SSSR count). The van der Waals surface area contributed by atoms with E-state index in [4.69, 9.17) is 14.0 Å². The minimum Gasteiger partial charge on any atom is -0.454 e. The lowest BCUT2D eigenvalue weighted by atomic mass is 9.95. The Bertz CT molecular complexity index is 2160. The number of benzene rings is 4. The average molecular weight is 493 g/mol. The number of hydrogen-bond acceptors (Lipinski definition) is 2. The predicted octanol–water partition coefficient (Wildman–Crippen LogP) is 8.34. The van der Waals surface area contributed by atoms with Crippen LogP contribution in [-0.2, 0) is 7.05 Å². The van der Waals surface area contributed by atoms with Gasteiger partial charge in [-0.1, -0.05) is 62.2 Å². The molecule has 6 aromatic rings. The van der Waals surface area contributed by atoms with Crippen molar-refractivity contribution in [1.29, 1.82) is 5.26 Å². The van der Waals surface area contributed by atoms with Gasteiger partial charge >= 0.3 is 0 Å². The fourth-order valence-electron chi connectivity index (χ4n) is 5.05. The van der Waals surface area contributed by atoms with Gasteiger partial charge in [-0.05, 0) is 52.9 Å². The van der Waals surface area contributed by atoms with E-state index in [0.717, 1.165) is 28.6 Å². The summed E-state index contributed by atoms with van der Waals surface area (Å²) in [5.41, 5.74) is 3.54. The van der Waals surface area contributed by atoms with E-state index in [1.807, 2.05) is 54.6 Å². The molecule has 2 aromatic heterocycles. The first-order valence-electron chi connectivity index (χ1n) is 15.2. The van der Waals surface area contributed by atoms with Crippen molar-refractivity contribution in [3.05, 3.63) is 102 Å². The second kappa shape index (κ2) is 8.57. The predicted molar refractivity (Wildman–Crippen MR) is 147 cm³/mol. The van der Waals surface area contributed by atoms with Crippen molar-refractivity contribution in [3.63, 3.8) is 0 Å². The molecule has 4 heteroatoms. The monoisotopic (exact) mass is 492 g/mol. The van der Waals surface area contributed by atoms with Crippen LogP contribution in [0.15, 0.2) is 83.4 Å². The lowest BCUT2D eigenvalue weighted by molar-refractivity contribution is -0.662. The number of aryl methyl sites for hydroxylation is 2. The zero-order valence-electron chi connectivity index (χ0n) is 27.2. The van der Waals surface area contributed by atoms with E-state index in [0.29, 0.717) is 44.2 Å². The van der Waals surface area contributed by atoms with Crippen molar-refractivity contribution < 1.29 is 23.0 Å². The number of aromatic nitrogens is 1. The summed E-state index contributed by atoms with van der Waals surface area (Å²) in [7, 11) is 1.55. The molecule has 0 atom stereocenters. The summed E-state index contributed by atoms with van der Waals surface area (Å²) in [5, 5.41) is 13.3. The Kier molecular flexibility index (Phi) is 3.77. The number of pyridine rings is 1. The zero-order valence-corrected chi connectivity index (χ0v) is 20.2. The molecule has 0 spiro atoms. The first-order valence-corrected chi connectivity index (χ1v) is 11.7. The second-order valence-corrected chi connectivity index (χ2v) is 9.22. The van der Waals surface area contributed by atoms with Crippen LogP contribution in [-0.4, -0.2) is 0 Å². The van der Waals surface area contributed by atoms with E-state index in [1.165, 1.54) is 4.57 Å². The average Bonchev–Trinajstić information content (AvgIpc) is 3.33. The van der Waals surface area contributed by atoms with Crippen molar-refractivity contribution in [2.24, 2.45) is 7.05 Å². The number of fused-ring (bicyclic) bond motifs is 4. The van der Waals surface area contributed by atoms with E-state index in [-0.39, 0.29) is 5.69 Å². The van der Waals surface area contributed by atoms with Gasteiger partial charge in [0.15, 0.2) is 5.82 Å². The third-order valence-electron chi connectivity index (χ3n) is 6.89. The van der Waals surface area contributed by atoms with Gasteiger partial charge in [-0.15, -0.1) is 0 Å². The highest BCUT2D eigenvalue weighted by atomic mass is 19.1.